The van der Waals surface area contributed by atoms with E-state index in [1.54, 1.807) is 0 Å². The quantitative estimate of drug-likeness (QED) is 0.532. The zero-order valence-corrected chi connectivity index (χ0v) is 19.1. The lowest BCUT2D eigenvalue weighted by Crippen LogP contribution is -2.35. The maximum atomic E-state index is 13.0. The molecule has 0 saturated carbocycles. The third-order valence-corrected chi connectivity index (χ3v) is 6.20. The van der Waals surface area contributed by atoms with Crippen LogP contribution in [0.15, 0.2) is 83.7 Å². The minimum absolute atomic E-state index is 0.378. The van der Waals surface area contributed by atoms with Gasteiger partial charge in [-0.25, -0.2) is 4.79 Å². The van der Waals surface area contributed by atoms with E-state index < -0.39 is 17.8 Å². The maximum absolute atomic E-state index is 13.0. The third-order valence-electron chi connectivity index (χ3n) is 6.20. The van der Waals surface area contributed by atoms with Crippen molar-refractivity contribution in [1.82, 2.24) is 10.3 Å². The number of allylic oxidation sites excluding steroid dienone is 1. The van der Waals surface area contributed by atoms with Crippen LogP contribution in [0.4, 0.5) is 0 Å². The number of hydrogen-bond donors (Lipinski definition) is 2. The zero-order chi connectivity index (χ0) is 23.4. The molecule has 4 rings (SSSR count). The molecule has 1 heterocycles. The first-order valence-electron chi connectivity index (χ1n) is 11.0. The number of aromatic amines is 1. The van der Waals surface area contributed by atoms with E-state index >= 15 is 0 Å². The highest BCUT2D eigenvalue weighted by Gasteiger charge is 2.41. The minimum Gasteiger partial charge on any atom is -0.469 e. The summed E-state index contributed by atoms with van der Waals surface area (Å²) in [6.07, 6.45) is 4.65. The Labute approximate surface area is 193 Å². The second-order valence-corrected chi connectivity index (χ2v) is 8.13. The Hall–Kier alpha value is -3.80. The summed E-state index contributed by atoms with van der Waals surface area (Å²) in [6, 6.07) is 17.7. The molecule has 0 amide bonds. The second kappa shape index (κ2) is 9.77. The van der Waals surface area contributed by atoms with Gasteiger partial charge in [-0.3, -0.25) is 4.79 Å². The summed E-state index contributed by atoms with van der Waals surface area (Å²) < 4.78 is 10.3. The first-order chi connectivity index (χ1) is 16.0. The molecule has 0 aliphatic heterocycles. The second-order valence-electron chi connectivity index (χ2n) is 8.13. The van der Waals surface area contributed by atoms with Gasteiger partial charge in [0.05, 0.1) is 25.7 Å². The van der Waals surface area contributed by atoms with Crippen molar-refractivity contribution in [2.24, 2.45) is 5.92 Å². The molecule has 1 aliphatic carbocycles. The summed E-state index contributed by atoms with van der Waals surface area (Å²) >= 11 is 0. The monoisotopic (exact) mass is 444 g/mol. The number of rotatable bonds is 7. The molecule has 33 heavy (non-hydrogen) atoms. The van der Waals surface area contributed by atoms with E-state index in [0.717, 1.165) is 23.1 Å². The number of aromatic nitrogens is 1. The van der Waals surface area contributed by atoms with Crippen LogP contribution in [0.5, 0.6) is 0 Å². The third kappa shape index (κ3) is 4.42. The highest BCUT2D eigenvalue weighted by atomic mass is 16.5. The fourth-order valence-corrected chi connectivity index (χ4v) is 4.62. The topological polar surface area (TPSA) is 80.4 Å². The van der Waals surface area contributed by atoms with Crippen molar-refractivity contribution in [3.8, 4) is 0 Å². The molecule has 0 saturated heterocycles. The van der Waals surface area contributed by atoms with Crippen molar-refractivity contribution in [1.29, 1.82) is 0 Å². The van der Waals surface area contributed by atoms with Crippen molar-refractivity contribution in [3.05, 3.63) is 94.8 Å². The Kier molecular flexibility index (Phi) is 6.63. The summed E-state index contributed by atoms with van der Waals surface area (Å²) in [5, 5.41) is 4.62. The first-order valence-corrected chi connectivity index (χ1v) is 11.0. The number of hydrogen-bond acceptors (Lipinski definition) is 5. The molecule has 3 aromatic rings. The van der Waals surface area contributed by atoms with Crippen LogP contribution in [-0.4, -0.2) is 37.7 Å². The highest BCUT2D eigenvalue weighted by Crippen LogP contribution is 2.42. The van der Waals surface area contributed by atoms with Crippen LogP contribution >= 0.6 is 0 Å². The summed E-state index contributed by atoms with van der Waals surface area (Å²) in [7, 11) is 2.73. The van der Waals surface area contributed by atoms with Gasteiger partial charge >= 0.3 is 11.9 Å². The van der Waals surface area contributed by atoms with Crippen molar-refractivity contribution >= 4 is 22.8 Å². The van der Waals surface area contributed by atoms with Gasteiger partial charge in [-0.15, -0.1) is 0 Å². The average molecular weight is 445 g/mol. The molecule has 170 valence electrons. The number of esters is 2. The summed E-state index contributed by atoms with van der Waals surface area (Å²) in [6.45, 7) is 2.51. The molecule has 6 heteroatoms. The standard InChI is InChI=1S/C27H28N2O4/c1-17-15-22(28-14-13-19-16-29-21-12-8-7-11-20(19)21)25(27(31)33-3)24(23(17)26(30)32-2)18-9-5-4-6-10-18/h4-12,15-16,23-24,28-29H,13-14H2,1-3H3/t23-,24+/m1/s1. The molecule has 0 bridgehead atoms. The van der Waals surface area contributed by atoms with Crippen LogP contribution in [0, 0.1) is 5.92 Å². The van der Waals surface area contributed by atoms with E-state index in [1.165, 1.54) is 25.2 Å². The number of benzene rings is 2. The lowest BCUT2D eigenvalue weighted by Gasteiger charge is -2.33. The van der Waals surface area contributed by atoms with Crippen LogP contribution < -0.4 is 5.32 Å². The van der Waals surface area contributed by atoms with E-state index in [9.17, 15) is 9.59 Å². The summed E-state index contributed by atoms with van der Waals surface area (Å²) in [5.74, 6) is -1.95. The molecule has 1 aliphatic rings. The molecule has 1 aromatic heterocycles. The largest absolute Gasteiger partial charge is 0.469 e. The Morgan fingerprint density at radius 3 is 2.45 bits per heavy atom. The molecular formula is C27H28N2O4. The Morgan fingerprint density at radius 1 is 1.00 bits per heavy atom. The van der Waals surface area contributed by atoms with Crippen molar-refractivity contribution in [3.63, 3.8) is 0 Å². The Bertz CT molecular complexity index is 1220. The van der Waals surface area contributed by atoms with Gasteiger partial charge in [-0.05, 0) is 36.6 Å². The van der Waals surface area contributed by atoms with Crippen LogP contribution in [0.2, 0.25) is 0 Å². The molecule has 2 N–H and O–H groups in total. The van der Waals surface area contributed by atoms with Crippen LogP contribution in [0.1, 0.15) is 24.0 Å². The number of para-hydroxylation sites is 1. The fraction of sp³-hybridized carbons (Fsp3) is 0.259. The molecule has 0 spiro atoms. The van der Waals surface area contributed by atoms with Crippen molar-refractivity contribution < 1.29 is 19.1 Å². The molecule has 2 atom stereocenters. The van der Waals surface area contributed by atoms with Gasteiger partial charge < -0.3 is 19.8 Å². The van der Waals surface area contributed by atoms with Gasteiger partial charge in [0.1, 0.15) is 0 Å². The number of ether oxygens (including phenoxy) is 2. The molecule has 2 aromatic carbocycles. The lowest BCUT2D eigenvalue weighted by atomic mass is 9.73. The highest BCUT2D eigenvalue weighted by molar-refractivity contribution is 5.95. The number of carbonyl (C=O) groups is 2. The molecule has 0 fully saturated rings. The zero-order valence-electron chi connectivity index (χ0n) is 19.1. The van der Waals surface area contributed by atoms with Crippen LogP contribution in [-0.2, 0) is 25.5 Å². The number of nitrogens with one attached hydrogen (secondary N) is 2. The van der Waals surface area contributed by atoms with E-state index in [-0.39, 0.29) is 5.97 Å². The van der Waals surface area contributed by atoms with Crippen molar-refractivity contribution in [2.75, 3.05) is 20.8 Å². The van der Waals surface area contributed by atoms with Gasteiger partial charge in [-0.2, -0.15) is 0 Å². The predicted molar refractivity (Wildman–Crippen MR) is 127 cm³/mol. The smallest absolute Gasteiger partial charge is 0.336 e. The Morgan fingerprint density at radius 2 is 1.73 bits per heavy atom. The SMILES string of the molecule is COC(=O)C1=C(NCCc2c[nH]c3ccccc23)C=C(C)[C@@H](C(=O)OC)[C@@H]1c1ccccc1. The predicted octanol–water partition coefficient (Wildman–Crippen LogP) is 4.26. The molecular weight excluding hydrogens is 416 g/mol. The number of methoxy groups -OCH3 is 2. The summed E-state index contributed by atoms with van der Waals surface area (Å²) in [4.78, 5) is 29.0. The van der Waals surface area contributed by atoms with E-state index in [1.807, 2.05) is 61.7 Å². The van der Waals surface area contributed by atoms with E-state index in [0.29, 0.717) is 17.8 Å². The number of carbonyl (C=O) groups excluding carboxylic acids is 2. The number of fused-ring (bicyclic) bond motifs is 1. The maximum Gasteiger partial charge on any atom is 0.336 e. The normalized spacial score (nSPS) is 18.1. The van der Waals surface area contributed by atoms with E-state index in [4.69, 9.17) is 9.47 Å². The molecule has 0 unspecified atom stereocenters. The van der Waals surface area contributed by atoms with Gasteiger partial charge in [0.2, 0.25) is 0 Å². The molecule has 0 radical (unpaired) electrons. The van der Waals surface area contributed by atoms with Gasteiger partial charge in [-0.1, -0.05) is 54.1 Å². The van der Waals surface area contributed by atoms with Crippen molar-refractivity contribution in [2.45, 2.75) is 19.3 Å². The van der Waals surface area contributed by atoms with Gasteiger partial charge in [0, 0.05) is 35.3 Å². The lowest BCUT2D eigenvalue weighted by molar-refractivity contribution is -0.145. The number of H-pyrrole nitrogens is 1. The first kappa shape index (κ1) is 22.4. The van der Waals surface area contributed by atoms with Crippen LogP contribution in [0.3, 0.4) is 0 Å². The van der Waals surface area contributed by atoms with Gasteiger partial charge in [0.25, 0.3) is 0 Å². The van der Waals surface area contributed by atoms with E-state index in [2.05, 4.69) is 22.4 Å². The summed E-state index contributed by atoms with van der Waals surface area (Å²) in [5.41, 5.74) is 5.09. The Balaban J connectivity index is 1.69. The van der Waals surface area contributed by atoms with Gasteiger partial charge in [0.15, 0.2) is 0 Å². The van der Waals surface area contributed by atoms with Crippen LogP contribution in [0.25, 0.3) is 10.9 Å². The molecule has 6 nitrogen and oxygen atoms in total. The fourth-order valence-electron chi connectivity index (χ4n) is 4.62. The minimum atomic E-state index is -0.606. The average Bonchev–Trinajstić information content (AvgIpc) is 3.26.